The lowest BCUT2D eigenvalue weighted by atomic mass is 9.83. The lowest BCUT2D eigenvalue weighted by Crippen LogP contribution is -2.35. The third kappa shape index (κ3) is 3.74. The number of fused-ring (bicyclic) bond motifs is 1. The van der Waals surface area contributed by atoms with E-state index in [1.54, 1.807) is 19.2 Å². The number of Topliss-reactive ketones (excluding diaryl/α,β-unsaturated/α-hetero) is 1. The summed E-state index contributed by atoms with van der Waals surface area (Å²) in [4.78, 5) is 42.9. The van der Waals surface area contributed by atoms with Crippen molar-refractivity contribution in [2.24, 2.45) is 0 Å². The molecular formula is C34H26NO4P. The molecule has 0 spiro atoms. The Labute approximate surface area is 233 Å². The van der Waals surface area contributed by atoms with Crippen LogP contribution in [-0.2, 0) is 14.3 Å². The van der Waals surface area contributed by atoms with Crippen LogP contribution in [0.2, 0.25) is 0 Å². The minimum absolute atomic E-state index is 0.245. The first kappa shape index (κ1) is 25.5. The molecule has 5 nitrogen and oxygen atoms in total. The van der Waals surface area contributed by atoms with Gasteiger partial charge in [-0.1, -0.05) is 115 Å². The van der Waals surface area contributed by atoms with Gasteiger partial charge in [0.05, 0.1) is 12.4 Å². The minimum Gasteiger partial charge on any atom is -0.466 e. The largest absolute Gasteiger partial charge is 0.466 e. The molecule has 0 saturated heterocycles. The van der Waals surface area contributed by atoms with Gasteiger partial charge in [0.15, 0.2) is 0 Å². The number of benzene rings is 4. The van der Waals surface area contributed by atoms with Crippen molar-refractivity contribution in [3.05, 3.63) is 144 Å². The first-order chi connectivity index (χ1) is 19.5. The number of allylic oxidation sites excluding steroid dienone is 2. The fraction of sp³-hybridized carbons (Fsp3) is 0.0588. The lowest BCUT2D eigenvalue weighted by molar-refractivity contribution is -0.134. The summed E-state index contributed by atoms with van der Waals surface area (Å²) in [6, 6.07) is 37.2. The molecule has 0 unspecified atom stereocenters. The summed E-state index contributed by atoms with van der Waals surface area (Å²) in [6.45, 7) is -2.89. The van der Waals surface area contributed by atoms with Gasteiger partial charge in [0.25, 0.3) is 5.91 Å². The van der Waals surface area contributed by atoms with E-state index in [9.17, 15) is 14.4 Å². The van der Waals surface area contributed by atoms with Gasteiger partial charge in [-0.2, -0.15) is 0 Å². The molecule has 1 aliphatic heterocycles. The van der Waals surface area contributed by atoms with Gasteiger partial charge in [-0.3, -0.25) is 9.59 Å². The maximum Gasteiger partial charge on any atom is 0.331 e. The number of ketones is 1. The third-order valence-electron chi connectivity index (χ3n) is 7.49. The molecular weight excluding hydrogens is 517 g/mol. The van der Waals surface area contributed by atoms with E-state index in [0.29, 0.717) is 27.6 Å². The normalized spacial score (nSPS) is 15.8. The number of ether oxygens (including phenoxy) is 1. The molecule has 1 amide bonds. The molecule has 0 atom stereocenters. The second-order valence-electron chi connectivity index (χ2n) is 9.57. The fourth-order valence-electron chi connectivity index (χ4n) is 5.77. The Morgan fingerprint density at radius 3 is 1.62 bits per heavy atom. The Balaban J connectivity index is 1.89. The highest BCUT2D eigenvalue weighted by atomic mass is 31.2. The summed E-state index contributed by atoms with van der Waals surface area (Å²) in [6.07, 6.45) is 1.41. The second kappa shape index (κ2) is 10.1. The number of hydrogen-bond donors (Lipinski definition) is 0. The van der Waals surface area contributed by atoms with Gasteiger partial charge in [-0.15, -0.1) is 0 Å². The molecule has 0 N–H and O–H groups in total. The van der Waals surface area contributed by atoms with Crippen LogP contribution in [0.3, 0.4) is 0 Å². The van der Waals surface area contributed by atoms with E-state index in [1.807, 2.05) is 66.7 Å². The van der Waals surface area contributed by atoms with Gasteiger partial charge in [-0.25, -0.2) is 4.79 Å². The van der Waals surface area contributed by atoms with Gasteiger partial charge in [0.2, 0.25) is 5.78 Å². The average Bonchev–Trinajstić information content (AvgIpc) is 3.27. The third-order valence-corrected chi connectivity index (χ3v) is 11.8. The van der Waals surface area contributed by atoms with Crippen LogP contribution < -0.4 is 15.9 Å². The zero-order valence-electron chi connectivity index (χ0n) is 22.1. The number of amides is 1. The first-order valence-electron chi connectivity index (χ1n) is 12.9. The summed E-state index contributed by atoms with van der Waals surface area (Å²) in [7, 11) is 2.96. The molecule has 1 heterocycles. The highest BCUT2D eigenvalue weighted by molar-refractivity contribution is 7.97. The minimum atomic E-state index is -2.89. The number of rotatable bonds is 4. The standard InChI is InChI=1S/C34H26NO4P/c1-35-31-30(28(22-29(36)39-2)26-20-12-13-21-27(26)32(31)37)33(34(35)38)40(23-14-6-3-7-15-23,24-16-8-4-9-17-24)25-18-10-5-11-19-25/h3-22H,1-2H3/b28-22+. The Morgan fingerprint density at radius 2 is 1.15 bits per heavy atom. The smallest absolute Gasteiger partial charge is 0.331 e. The highest BCUT2D eigenvalue weighted by Crippen LogP contribution is 2.53. The van der Waals surface area contributed by atoms with Crippen LogP contribution >= 0.6 is 6.89 Å². The number of hydrogen-bond acceptors (Lipinski definition) is 4. The first-order valence-corrected chi connectivity index (χ1v) is 14.7. The predicted octanol–water partition coefficient (Wildman–Crippen LogP) is 4.33. The number of nitrogens with zero attached hydrogens (tertiary/aromatic N) is 1. The fourth-order valence-corrected chi connectivity index (χ4v) is 10.3. The lowest BCUT2D eigenvalue weighted by Gasteiger charge is -2.32. The molecule has 4 aromatic rings. The summed E-state index contributed by atoms with van der Waals surface area (Å²) in [5.74, 6) is -1.06. The second-order valence-corrected chi connectivity index (χ2v) is 12.9. The SMILES string of the molecule is COC(=O)/C=C1/C2=C(C(=O)c3ccccc31)N(C)C(=O)C2=P(c1ccccc1)(c1ccccc1)c1ccccc1. The van der Waals surface area contributed by atoms with Crippen LogP contribution in [-0.4, -0.2) is 42.0 Å². The summed E-state index contributed by atoms with van der Waals surface area (Å²) in [5.41, 5.74) is 2.33. The molecule has 6 heteroatoms. The van der Waals surface area contributed by atoms with Crippen molar-refractivity contribution >= 4 is 51.3 Å². The van der Waals surface area contributed by atoms with Crippen LogP contribution in [0.25, 0.3) is 5.57 Å². The summed E-state index contributed by atoms with van der Waals surface area (Å²) < 4.78 is 5.05. The number of esters is 1. The van der Waals surface area contributed by atoms with E-state index >= 15 is 0 Å². The van der Waals surface area contributed by atoms with Gasteiger partial charge < -0.3 is 9.64 Å². The molecule has 0 aromatic heterocycles. The Hall–Kier alpha value is -4.73. The zero-order chi connectivity index (χ0) is 27.9. The summed E-state index contributed by atoms with van der Waals surface area (Å²) >= 11 is 0. The predicted molar refractivity (Wildman–Crippen MR) is 161 cm³/mol. The topological polar surface area (TPSA) is 63.7 Å². The van der Waals surface area contributed by atoms with Gasteiger partial charge >= 0.3 is 5.97 Å². The molecule has 4 aromatic carbocycles. The Morgan fingerprint density at radius 1 is 0.700 bits per heavy atom. The van der Waals surface area contributed by atoms with E-state index in [4.69, 9.17) is 4.74 Å². The monoisotopic (exact) mass is 543 g/mol. The van der Waals surface area contributed by atoms with E-state index in [2.05, 4.69) is 36.4 Å². The quantitative estimate of drug-likeness (QED) is 0.218. The molecule has 0 saturated carbocycles. The molecule has 0 bridgehead atoms. The van der Waals surface area contributed by atoms with Crippen molar-refractivity contribution in [1.82, 2.24) is 4.90 Å². The zero-order valence-corrected chi connectivity index (χ0v) is 23.0. The van der Waals surface area contributed by atoms with Crippen molar-refractivity contribution in [2.45, 2.75) is 0 Å². The maximum atomic E-state index is 14.6. The molecule has 2 aliphatic rings. The van der Waals surface area contributed by atoms with Crippen molar-refractivity contribution < 1.29 is 19.1 Å². The number of methoxy groups -OCH3 is 1. The number of carbonyl (C=O) groups is 3. The number of likely N-dealkylation sites (N-methyl/N-ethyl adjacent to an activating group) is 1. The number of carbonyl (C=O) groups excluding carboxylic acids is 3. The van der Waals surface area contributed by atoms with Crippen molar-refractivity contribution in [3.63, 3.8) is 0 Å². The van der Waals surface area contributed by atoms with E-state index < -0.39 is 12.9 Å². The van der Waals surface area contributed by atoms with Crippen LogP contribution in [0.1, 0.15) is 15.9 Å². The molecule has 40 heavy (non-hydrogen) atoms. The molecule has 0 radical (unpaired) electrons. The van der Waals surface area contributed by atoms with Gasteiger partial charge in [0, 0.05) is 24.3 Å². The van der Waals surface area contributed by atoms with Crippen LogP contribution in [0, 0.1) is 0 Å². The molecule has 196 valence electrons. The molecule has 6 rings (SSSR count). The van der Waals surface area contributed by atoms with Crippen LogP contribution in [0.4, 0.5) is 0 Å². The van der Waals surface area contributed by atoms with Crippen LogP contribution in [0.15, 0.2) is 133 Å². The Bertz CT molecular complexity index is 1680. The highest BCUT2D eigenvalue weighted by Gasteiger charge is 2.47. The maximum absolute atomic E-state index is 14.6. The van der Waals surface area contributed by atoms with E-state index in [1.165, 1.54) is 18.1 Å². The molecule has 0 fully saturated rings. The van der Waals surface area contributed by atoms with E-state index in [0.717, 1.165) is 15.9 Å². The van der Waals surface area contributed by atoms with Crippen LogP contribution in [0.5, 0.6) is 0 Å². The van der Waals surface area contributed by atoms with Crippen molar-refractivity contribution in [1.29, 1.82) is 0 Å². The Kier molecular flexibility index (Phi) is 6.45. The average molecular weight is 544 g/mol. The van der Waals surface area contributed by atoms with Gasteiger partial charge in [0.1, 0.15) is 5.70 Å². The van der Waals surface area contributed by atoms with E-state index in [-0.39, 0.29) is 17.4 Å². The van der Waals surface area contributed by atoms with Crippen molar-refractivity contribution in [2.75, 3.05) is 14.2 Å². The van der Waals surface area contributed by atoms with Gasteiger partial charge in [-0.05, 0) is 33.9 Å². The summed E-state index contributed by atoms with van der Waals surface area (Å²) in [5, 5.41) is 3.44. The molecule has 1 aliphatic carbocycles. The van der Waals surface area contributed by atoms with Crippen molar-refractivity contribution in [3.8, 4) is 0 Å².